The number of carbonyl (C=O) groups is 1. The molecule has 3 aromatic rings. The van der Waals surface area contributed by atoms with E-state index in [-0.39, 0.29) is 11.8 Å². The van der Waals surface area contributed by atoms with Gasteiger partial charge in [-0.3, -0.25) is 9.36 Å². The predicted molar refractivity (Wildman–Crippen MR) is 118 cm³/mol. The van der Waals surface area contributed by atoms with Gasteiger partial charge < -0.3 is 9.80 Å². The lowest BCUT2D eigenvalue weighted by molar-refractivity contribution is 0.0793. The number of likely N-dealkylation sites (tertiary alicyclic amines) is 1. The van der Waals surface area contributed by atoms with Gasteiger partial charge in [0, 0.05) is 41.8 Å². The molecule has 0 spiro atoms. The van der Waals surface area contributed by atoms with E-state index in [0.29, 0.717) is 5.02 Å². The maximum absolute atomic E-state index is 13.1. The first-order valence-corrected chi connectivity index (χ1v) is 10.8. The van der Waals surface area contributed by atoms with E-state index in [1.165, 1.54) is 0 Å². The molecule has 6 nitrogen and oxygen atoms in total. The Morgan fingerprint density at radius 2 is 1.77 bits per heavy atom. The number of aromatic nitrogens is 3. The summed E-state index contributed by atoms with van der Waals surface area (Å²) in [5.74, 6) is 2.04. The molecule has 1 atom stereocenters. The first-order chi connectivity index (χ1) is 14.5. The number of halogens is 1. The molecule has 1 aromatic heterocycles. The first-order valence-electron chi connectivity index (χ1n) is 10.4. The molecule has 2 aliphatic rings. The van der Waals surface area contributed by atoms with E-state index in [4.69, 9.17) is 11.6 Å². The van der Waals surface area contributed by atoms with Gasteiger partial charge >= 0.3 is 0 Å². The molecule has 2 aromatic carbocycles. The van der Waals surface area contributed by atoms with E-state index in [1.54, 1.807) is 0 Å². The molecule has 0 N–H and O–H groups in total. The van der Waals surface area contributed by atoms with Gasteiger partial charge in [0.15, 0.2) is 0 Å². The second-order valence-electron chi connectivity index (χ2n) is 8.13. The van der Waals surface area contributed by atoms with Gasteiger partial charge in [0.25, 0.3) is 5.91 Å². The minimum Gasteiger partial charge on any atom is -0.339 e. The summed E-state index contributed by atoms with van der Waals surface area (Å²) in [5, 5.41) is 9.47. The number of rotatable bonds is 2. The summed E-state index contributed by atoms with van der Waals surface area (Å²) in [7, 11) is 0. The Labute approximate surface area is 181 Å². The standard InChI is InChI=1S/C23H24ClN5O/c1-15-14-28(19-8-6-18(24)7-9-19)21-13-17(23(30)27-11-3-4-12-27)5-10-20(21)29-16(2)25-26-22(15)29/h5-10,13,15H,3-4,11-12,14H2,1-2H3/t15-/m1/s1. The van der Waals surface area contributed by atoms with Crippen molar-refractivity contribution in [2.24, 2.45) is 0 Å². The zero-order valence-electron chi connectivity index (χ0n) is 17.2. The van der Waals surface area contributed by atoms with Crippen molar-refractivity contribution in [1.82, 2.24) is 19.7 Å². The molecule has 2 aliphatic heterocycles. The molecule has 1 fully saturated rings. The van der Waals surface area contributed by atoms with Crippen molar-refractivity contribution >= 4 is 28.9 Å². The number of hydrogen-bond donors (Lipinski definition) is 0. The molecule has 0 saturated carbocycles. The van der Waals surface area contributed by atoms with E-state index in [2.05, 4.69) is 26.6 Å². The van der Waals surface area contributed by atoms with Crippen LogP contribution in [0.4, 0.5) is 11.4 Å². The molecule has 154 valence electrons. The third-order valence-corrected chi connectivity index (χ3v) is 6.28. The highest BCUT2D eigenvalue weighted by molar-refractivity contribution is 6.30. The predicted octanol–water partition coefficient (Wildman–Crippen LogP) is 4.72. The minimum atomic E-state index is 0.101. The molecule has 0 bridgehead atoms. The highest BCUT2D eigenvalue weighted by Crippen LogP contribution is 2.39. The van der Waals surface area contributed by atoms with Crippen molar-refractivity contribution in [1.29, 1.82) is 0 Å². The summed E-state index contributed by atoms with van der Waals surface area (Å²) >= 11 is 6.14. The zero-order valence-corrected chi connectivity index (χ0v) is 17.9. The van der Waals surface area contributed by atoms with E-state index >= 15 is 0 Å². The van der Waals surface area contributed by atoms with Gasteiger partial charge in [0.05, 0.1) is 11.4 Å². The molecule has 30 heavy (non-hydrogen) atoms. The molecule has 1 saturated heterocycles. The first kappa shape index (κ1) is 19.1. The Hall–Kier alpha value is -2.86. The number of carbonyl (C=O) groups excluding carboxylic acids is 1. The summed E-state index contributed by atoms with van der Waals surface area (Å²) in [6.45, 7) is 6.53. The molecule has 0 radical (unpaired) electrons. The molecule has 3 heterocycles. The fourth-order valence-corrected chi connectivity index (χ4v) is 4.61. The highest BCUT2D eigenvalue weighted by Gasteiger charge is 2.29. The van der Waals surface area contributed by atoms with Crippen LogP contribution in [-0.4, -0.2) is 45.2 Å². The lowest BCUT2D eigenvalue weighted by Gasteiger charge is -2.27. The lowest BCUT2D eigenvalue weighted by atomic mass is 10.1. The van der Waals surface area contributed by atoms with Crippen LogP contribution in [0, 0.1) is 6.92 Å². The summed E-state index contributed by atoms with van der Waals surface area (Å²) in [6.07, 6.45) is 2.16. The quantitative estimate of drug-likeness (QED) is 0.600. The van der Waals surface area contributed by atoms with Crippen LogP contribution < -0.4 is 4.90 Å². The number of amides is 1. The van der Waals surface area contributed by atoms with Gasteiger partial charge in [-0.05, 0) is 62.2 Å². The molecule has 0 unspecified atom stereocenters. The molecule has 0 aliphatic carbocycles. The SMILES string of the molecule is Cc1nnc2n1-c1ccc(C(=O)N3CCCC3)cc1N(c1ccc(Cl)cc1)C[C@H]2C. The zero-order chi connectivity index (χ0) is 20.8. The summed E-state index contributed by atoms with van der Waals surface area (Å²) in [6, 6.07) is 13.8. The third-order valence-electron chi connectivity index (χ3n) is 6.03. The van der Waals surface area contributed by atoms with Crippen molar-refractivity contribution in [3.8, 4) is 5.69 Å². The Morgan fingerprint density at radius 3 is 2.50 bits per heavy atom. The normalized spacial score (nSPS) is 18.2. The summed E-state index contributed by atoms with van der Waals surface area (Å²) in [4.78, 5) is 17.3. The average molecular weight is 422 g/mol. The van der Waals surface area contributed by atoms with Gasteiger partial charge in [-0.15, -0.1) is 10.2 Å². The minimum absolute atomic E-state index is 0.101. The van der Waals surface area contributed by atoms with Crippen molar-refractivity contribution in [3.05, 3.63) is 64.7 Å². The topological polar surface area (TPSA) is 54.3 Å². The number of anilines is 2. The van der Waals surface area contributed by atoms with Gasteiger partial charge in [-0.1, -0.05) is 18.5 Å². The van der Waals surface area contributed by atoms with E-state index < -0.39 is 0 Å². The molecule has 1 amide bonds. The van der Waals surface area contributed by atoms with E-state index in [1.807, 2.05) is 54.3 Å². The van der Waals surface area contributed by atoms with Gasteiger partial charge in [-0.25, -0.2) is 0 Å². The number of hydrogen-bond acceptors (Lipinski definition) is 4. The van der Waals surface area contributed by atoms with Crippen LogP contribution in [0.2, 0.25) is 5.02 Å². The van der Waals surface area contributed by atoms with Gasteiger partial charge in [0.2, 0.25) is 0 Å². The molecule has 7 heteroatoms. The smallest absolute Gasteiger partial charge is 0.253 e. The molecular weight excluding hydrogens is 398 g/mol. The van der Waals surface area contributed by atoms with E-state index in [0.717, 1.165) is 66.8 Å². The Kier molecular flexibility index (Phi) is 4.74. The Bertz CT molecular complexity index is 1100. The van der Waals surface area contributed by atoms with Crippen LogP contribution in [0.3, 0.4) is 0 Å². The van der Waals surface area contributed by atoms with Crippen molar-refractivity contribution in [2.75, 3.05) is 24.5 Å². The van der Waals surface area contributed by atoms with Crippen LogP contribution in [0.5, 0.6) is 0 Å². The van der Waals surface area contributed by atoms with E-state index in [9.17, 15) is 4.79 Å². The second-order valence-corrected chi connectivity index (χ2v) is 8.57. The van der Waals surface area contributed by atoms with Gasteiger partial charge in [0.1, 0.15) is 11.6 Å². The van der Waals surface area contributed by atoms with Crippen molar-refractivity contribution < 1.29 is 4.79 Å². The van der Waals surface area contributed by atoms with Crippen molar-refractivity contribution in [2.45, 2.75) is 32.6 Å². The Balaban J connectivity index is 1.67. The van der Waals surface area contributed by atoms with Crippen LogP contribution >= 0.6 is 11.6 Å². The van der Waals surface area contributed by atoms with Crippen LogP contribution in [0.25, 0.3) is 5.69 Å². The highest BCUT2D eigenvalue weighted by atomic mass is 35.5. The fraction of sp³-hybridized carbons (Fsp3) is 0.348. The summed E-state index contributed by atoms with van der Waals surface area (Å²) < 4.78 is 2.11. The maximum Gasteiger partial charge on any atom is 0.253 e. The second kappa shape index (κ2) is 7.43. The monoisotopic (exact) mass is 421 g/mol. The van der Waals surface area contributed by atoms with Gasteiger partial charge in [-0.2, -0.15) is 0 Å². The van der Waals surface area contributed by atoms with Crippen molar-refractivity contribution in [3.63, 3.8) is 0 Å². The Morgan fingerprint density at radius 1 is 1.03 bits per heavy atom. The lowest BCUT2D eigenvalue weighted by Crippen LogP contribution is -2.28. The number of nitrogens with zero attached hydrogens (tertiary/aromatic N) is 5. The largest absolute Gasteiger partial charge is 0.339 e. The third kappa shape index (κ3) is 3.16. The molecular formula is C23H24ClN5O. The summed E-state index contributed by atoms with van der Waals surface area (Å²) in [5.41, 5.74) is 3.73. The average Bonchev–Trinajstić information content (AvgIpc) is 3.39. The number of aryl methyl sites for hydroxylation is 1. The fourth-order valence-electron chi connectivity index (χ4n) is 4.48. The maximum atomic E-state index is 13.1. The van der Waals surface area contributed by atoms with Crippen LogP contribution in [-0.2, 0) is 0 Å². The number of benzene rings is 2. The van der Waals surface area contributed by atoms with Crippen LogP contribution in [0.1, 0.15) is 47.7 Å². The molecule has 5 rings (SSSR count). The number of fused-ring (bicyclic) bond motifs is 3. The van der Waals surface area contributed by atoms with Crippen LogP contribution in [0.15, 0.2) is 42.5 Å².